The molecule has 0 unspecified atom stereocenters. The van der Waals surface area contributed by atoms with Crippen LogP contribution in [0.5, 0.6) is 0 Å². The third kappa shape index (κ3) is 6.32. The number of anilines is 1. The lowest BCUT2D eigenvalue weighted by Gasteiger charge is -2.47. The molecule has 2 aliphatic rings. The summed E-state index contributed by atoms with van der Waals surface area (Å²) in [4.78, 5) is 20.2. The molecule has 1 aliphatic heterocycles. The number of nitrogens with zero attached hydrogens (tertiary/aromatic N) is 3. The first kappa shape index (κ1) is 26.7. The summed E-state index contributed by atoms with van der Waals surface area (Å²) in [6, 6.07) is 2.67. The predicted octanol–water partition coefficient (Wildman–Crippen LogP) is 5.10. The van der Waals surface area contributed by atoms with E-state index in [0.29, 0.717) is 36.7 Å². The number of likely N-dealkylation sites (tertiary alicyclic amines) is 1. The largest absolute Gasteiger partial charge is 0.331 e. The molecule has 8 heteroatoms. The fourth-order valence-corrected chi connectivity index (χ4v) is 5.64. The van der Waals surface area contributed by atoms with Crippen molar-refractivity contribution in [3.8, 4) is 0 Å². The van der Waals surface area contributed by atoms with E-state index >= 15 is 0 Å². The molecular formula is C28H41F2N5O. The van der Waals surface area contributed by atoms with Gasteiger partial charge in [-0.25, -0.2) is 13.8 Å². The van der Waals surface area contributed by atoms with Crippen molar-refractivity contribution in [3.63, 3.8) is 0 Å². The number of halogens is 2. The average molecular weight is 502 g/mol. The number of aryl methyl sites for hydroxylation is 1. The SMILES string of the molecule is CCC[C@H](N[C@H]1CCc2cc(F)cc(F)c2C1)C(=O)Nc1cn([C@H](C)[C@@H]2CCN2CC(C)(C)C)cn1. The minimum Gasteiger partial charge on any atom is -0.331 e. The summed E-state index contributed by atoms with van der Waals surface area (Å²) in [5.41, 5.74) is 1.55. The zero-order valence-corrected chi connectivity index (χ0v) is 22.3. The molecule has 0 saturated carbocycles. The third-order valence-corrected chi connectivity index (χ3v) is 7.53. The van der Waals surface area contributed by atoms with Crippen molar-refractivity contribution in [1.82, 2.24) is 19.8 Å². The highest BCUT2D eigenvalue weighted by molar-refractivity contribution is 5.94. The van der Waals surface area contributed by atoms with E-state index in [1.807, 2.05) is 13.1 Å². The maximum Gasteiger partial charge on any atom is 0.242 e. The number of hydrogen-bond donors (Lipinski definition) is 2. The standard InChI is InChI=1S/C28H41F2N5O/c1-6-7-24(32-21-9-8-19-12-20(29)13-23(30)22(19)14-21)27(36)33-26-15-35(17-31-26)18(2)25-10-11-34(25)16-28(3,4)5/h12-13,15,17-18,21,24-25,32H,6-11,14,16H2,1-5H3,(H,33,36)/t18-,21+,24+,25+/m1/s1. The Hall–Kier alpha value is -2.32. The Morgan fingerprint density at radius 2 is 2.03 bits per heavy atom. The fourth-order valence-electron chi connectivity index (χ4n) is 5.64. The van der Waals surface area contributed by atoms with Gasteiger partial charge in [0.05, 0.1) is 12.4 Å². The van der Waals surface area contributed by atoms with Crippen molar-refractivity contribution >= 4 is 11.7 Å². The number of carbonyl (C=O) groups excluding carboxylic acids is 1. The van der Waals surface area contributed by atoms with Crippen molar-refractivity contribution in [3.05, 3.63) is 47.4 Å². The van der Waals surface area contributed by atoms with Crippen LogP contribution in [0.25, 0.3) is 0 Å². The van der Waals surface area contributed by atoms with E-state index in [1.165, 1.54) is 6.07 Å². The molecule has 1 amide bonds. The molecule has 1 fully saturated rings. The number of aromatic nitrogens is 2. The average Bonchev–Trinajstić information content (AvgIpc) is 3.25. The van der Waals surface area contributed by atoms with Crippen molar-refractivity contribution < 1.29 is 13.6 Å². The van der Waals surface area contributed by atoms with Crippen LogP contribution in [0.4, 0.5) is 14.6 Å². The molecule has 2 aromatic rings. The molecule has 36 heavy (non-hydrogen) atoms. The highest BCUT2D eigenvalue weighted by atomic mass is 19.1. The maximum absolute atomic E-state index is 14.3. The zero-order chi connectivity index (χ0) is 26.0. The van der Waals surface area contributed by atoms with E-state index in [1.54, 1.807) is 6.33 Å². The molecule has 2 heterocycles. The minimum atomic E-state index is -0.533. The van der Waals surface area contributed by atoms with Crippen LogP contribution in [0.15, 0.2) is 24.7 Å². The van der Waals surface area contributed by atoms with Crippen molar-refractivity contribution in [2.24, 2.45) is 5.41 Å². The van der Waals surface area contributed by atoms with Crippen LogP contribution in [-0.2, 0) is 17.6 Å². The Kier molecular flexibility index (Phi) is 8.15. The van der Waals surface area contributed by atoms with E-state index in [2.05, 4.69) is 52.8 Å². The van der Waals surface area contributed by atoms with Crippen LogP contribution < -0.4 is 10.6 Å². The topological polar surface area (TPSA) is 62.2 Å². The number of rotatable bonds is 9. The van der Waals surface area contributed by atoms with Gasteiger partial charge in [-0.2, -0.15) is 0 Å². The Morgan fingerprint density at radius 3 is 2.69 bits per heavy atom. The molecule has 0 bridgehead atoms. The first-order valence-electron chi connectivity index (χ1n) is 13.3. The molecule has 198 valence electrons. The summed E-state index contributed by atoms with van der Waals surface area (Å²) < 4.78 is 30.0. The number of nitrogens with one attached hydrogen (secondary N) is 2. The van der Waals surface area contributed by atoms with Gasteiger partial charge in [-0.05, 0) is 61.6 Å². The second-order valence-corrected chi connectivity index (χ2v) is 11.8. The summed E-state index contributed by atoms with van der Waals surface area (Å²) in [6.07, 6.45) is 8.17. The summed E-state index contributed by atoms with van der Waals surface area (Å²) in [6.45, 7) is 13.2. The monoisotopic (exact) mass is 501 g/mol. The molecule has 2 N–H and O–H groups in total. The maximum atomic E-state index is 14.3. The van der Waals surface area contributed by atoms with Crippen molar-refractivity contribution in [2.75, 3.05) is 18.4 Å². The number of amides is 1. The predicted molar refractivity (Wildman–Crippen MR) is 139 cm³/mol. The fraction of sp³-hybridized carbons (Fsp3) is 0.643. The second kappa shape index (κ2) is 11.0. The lowest BCUT2D eigenvalue weighted by Crippen LogP contribution is -2.54. The molecule has 0 radical (unpaired) electrons. The quantitative estimate of drug-likeness (QED) is 0.502. The van der Waals surface area contributed by atoms with Crippen LogP contribution in [0.1, 0.15) is 77.5 Å². The molecule has 6 nitrogen and oxygen atoms in total. The first-order valence-corrected chi connectivity index (χ1v) is 13.3. The van der Waals surface area contributed by atoms with Crippen LogP contribution in [-0.4, -0.2) is 51.6 Å². The summed E-state index contributed by atoms with van der Waals surface area (Å²) >= 11 is 0. The van der Waals surface area contributed by atoms with Crippen LogP contribution >= 0.6 is 0 Å². The van der Waals surface area contributed by atoms with Crippen LogP contribution in [0.2, 0.25) is 0 Å². The lowest BCUT2D eigenvalue weighted by molar-refractivity contribution is -0.118. The van der Waals surface area contributed by atoms with Gasteiger partial charge in [0.2, 0.25) is 5.91 Å². The molecule has 0 spiro atoms. The Balaban J connectivity index is 1.36. The first-order chi connectivity index (χ1) is 17.0. The van der Waals surface area contributed by atoms with Gasteiger partial charge in [0, 0.05) is 43.5 Å². The van der Waals surface area contributed by atoms with Crippen LogP contribution in [0.3, 0.4) is 0 Å². The van der Waals surface area contributed by atoms with E-state index in [0.717, 1.165) is 44.0 Å². The molecule has 4 rings (SSSR count). The Bertz CT molecular complexity index is 1060. The molecule has 1 saturated heterocycles. The summed E-state index contributed by atoms with van der Waals surface area (Å²) in [5.74, 6) is -0.612. The smallest absolute Gasteiger partial charge is 0.242 e. The highest BCUT2D eigenvalue weighted by Crippen LogP contribution is 2.32. The number of imidazole rings is 1. The molecule has 1 aromatic carbocycles. The Morgan fingerprint density at radius 1 is 1.25 bits per heavy atom. The molecular weight excluding hydrogens is 460 g/mol. The van der Waals surface area contributed by atoms with E-state index < -0.39 is 17.7 Å². The zero-order valence-electron chi connectivity index (χ0n) is 22.3. The number of hydrogen-bond acceptors (Lipinski definition) is 4. The van der Waals surface area contributed by atoms with E-state index in [-0.39, 0.29) is 23.4 Å². The van der Waals surface area contributed by atoms with Crippen LogP contribution in [0, 0.1) is 17.0 Å². The lowest BCUT2D eigenvalue weighted by atomic mass is 9.87. The second-order valence-electron chi connectivity index (χ2n) is 11.8. The molecule has 1 aliphatic carbocycles. The van der Waals surface area contributed by atoms with Gasteiger partial charge < -0.3 is 15.2 Å². The van der Waals surface area contributed by atoms with Gasteiger partial charge in [-0.15, -0.1) is 0 Å². The van der Waals surface area contributed by atoms with Crippen molar-refractivity contribution in [1.29, 1.82) is 0 Å². The third-order valence-electron chi connectivity index (χ3n) is 7.53. The summed E-state index contributed by atoms with van der Waals surface area (Å²) in [5, 5.41) is 6.42. The number of benzene rings is 1. The van der Waals surface area contributed by atoms with Gasteiger partial charge in [0.15, 0.2) is 5.82 Å². The van der Waals surface area contributed by atoms with Gasteiger partial charge in [0.25, 0.3) is 0 Å². The minimum absolute atomic E-state index is 0.0373. The van der Waals surface area contributed by atoms with Crippen molar-refractivity contribution in [2.45, 2.75) is 97.3 Å². The van der Waals surface area contributed by atoms with Gasteiger partial charge in [-0.1, -0.05) is 34.1 Å². The van der Waals surface area contributed by atoms with Gasteiger partial charge in [-0.3, -0.25) is 9.69 Å². The van der Waals surface area contributed by atoms with Gasteiger partial charge >= 0.3 is 0 Å². The van der Waals surface area contributed by atoms with E-state index in [4.69, 9.17) is 0 Å². The highest BCUT2D eigenvalue weighted by Gasteiger charge is 2.35. The molecule has 4 atom stereocenters. The van der Waals surface area contributed by atoms with E-state index in [9.17, 15) is 13.6 Å². The number of fused-ring (bicyclic) bond motifs is 1. The Labute approximate surface area is 213 Å². The van der Waals surface area contributed by atoms with Gasteiger partial charge in [0.1, 0.15) is 11.6 Å². The normalized spacial score (nSPS) is 22.0. The summed E-state index contributed by atoms with van der Waals surface area (Å²) in [7, 11) is 0. The number of carbonyl (C=O) groups is 1. The molecule has 1 aromatic heterocycles.